The smallest absolute Gasteiger partial charge is 0.343 e. The minimum absolute atomic E-state index is 0.363. The van der Waals surface area contributed by atoms with Gasteiger partial charge in [0.2, 0.25) is 0 Å². The molecule has 4 aromatic rings. The molecule has 0 radical (unpaired) electrons. The molecule has 1 N–H and O–H groups in total. The van der Waals surface area contributed by atoms with Gasteiger partial charge in [0.1, 0.15) is 0 Å². The van der Waals surface area contributed by atoms with E-state index >= 15 is 0 Å². The molecule has 0 amide bonds. The van der Waals surface area contributed by atoms with Crippen LogP contribution >= 0.6 is 0 Å². The Bertz CT molecular complexity index is 988. The highest BCUT2D eigenvalue weighted by Gasteiger charge is 2.18. The number of hydrogen-bond donors (Lipinski definition) is 1. The molecule has 0 spiro atoms. The Morgan fingerprint density at radius 1 is 0.750 bits per heavy atom. The van der Waals surface area contributed by atoms with E-state index in [-0.39, 0.29) is 5.97 Å². The summed E-state index contributed by atoms with van der Waals surface area (Å²) >= 11 is 0. The zero-order chi connectivity index (χ0) is 16.4. The molecule has 24 heavy (non-hydrogen) atoms. The largest absolute Gasteiger partial charge is 0.420 e. The van der Waals surface area contributed by atoms with E-state index in [9.17, 15) is 4.79 Å². The summed E-state index contributed by atoms with van der Waals surface area (Å²) in [5, 5.41) is 0.889. The van der Waals surface area contributed by atoms with Crippen molar-refractivity contribution < 1.29 is 9.53 Å². The van der Waals surface area contributed by atoms with Gasteiger partial charge in [-0.05, 0) is 24.3 Å². The molecule has 0 bridgehead atoms. The maximum atomic E-state index is 12.5. The average Bonchev–Trinajstić information content (AvgIpc) is 3.02. The summed E-state index contributed by atoms with van der Waals surface area (Å²) in [4.78, 5) is 15.9. The van der Waals surface area contributed by atoms with E-state index in [0.717, 1.165) is 22.2 Å². The number of para-hydroxylation sites is 1. The third-order valence-corrected chi connectivity index (χ3v) is 3.93. The van der Waals surface area contributed by atoms with Crippen LogP contribution in [-0.4, -0.2) is 11.0 Å². The maximum Gasteiger partial charge on any atom is 0.343 e. The van der Waals surface area contributed by atoms with Gasteiger partial charge < -0.3 is 9.72 Å². The minimum Gasteiger partial charge on any atom is -0.420 e. The van der Waals surface area contributed by atoms with Crippen LogP contribution in [-0.2, 0) is 0 Å². The number of nitrogens with one attached hydrogen (secondary N) is 1. The molecular formula is C21H15NO2. The Hall–Kier alpha value is -3.33. The van der Waals surface area contributed by atoms with E-state index in [4.69, 9.17) is 4.74 Å². The molecule has 116 valence electrons. The molecule has 3 aromatic carbocycles. The van der Waals surface area contributed by atoms with Crippen LogP contribution in [0.1, 0.15) is 10.4 Å². The Morgan fingerprint density at radius 2 is 1.38 bits per heavy atom. The van der Waals surface area contributed by atoms with E-state index in [1.165, 1.54) is 0 Å². The van der Waals surface area contributed by atoms with Crippen molar-refractivity contribution in [2.24, 2.45) is 0 Å². The SMILES string of the molecule is O=C(Oc1c(-c2ccccc2)[nH]c2ccccc12)c1ccccc1. The first-order valence-electron chi connectivity index (χ1n) is 7.76. The predicted octanol–water partition coefficient (Wildman–Crippen LogP) is 5.05. The second kappa shape index (κ2) is 6.05. The van der Waals surface area contributed by atoms with Crippen molar-refractivity contribution in [1.29, 1.82) is 0 Å². The number of carbonyl (C=O) groups is 1. The van der Waals surface area contributed by atoms with Crippen molar-refractivity contribution in [3.8, 4) is 17.0 Å². The molecule has 0 saturated heterocycles. The summed E-state index contributed by atoms with van der Waals surface area (Å²) in [7, 11) is 0. The minimum atomic E-state index is -0.363. The number of esters is 1. The van der Waals surface area contributed by atoms with E-state index < -0.39 is 0 Å². The van der Waals surface area contributed by atoms with Crippen LogP contribution < -0.4 is 4.74 Å². The molecule has 1 heterocycles. The Labute approximate surface area is 139 Å². The number of benzene rings is 3. The number of rotatable bonds is 3. The third-order valence-electron chi connectivity index (χ3n) is 3.93. The van der Waals surface area contributed by atoms with Crippen LogP contribution in [0.15, 0.2) is 84.9 Å². The second-order valence-corrected chi connectivity index (χ2v) is 5.50. The highest BCUT2D eigenvalue weighted by molar-refractivity contribution is 5.99. The number of hydrogen-bond acceptors (Lipinski definition) is 2. The third kappa shape index (κ3) is 2.57. The molecule has 0 atom stereocenters. The maximum absolute atomic E-state index is 12.5. The standard InChI is InChI=1S/C21H15NO2/c23-21(16-11-5-2-6-12-16)24-20-17-13-7-8-14-18(17)22-19(20)15-9-3-1-4-10-15/h1-14,22H. The fraction of sp³-hybridized carbons (Fsp3) is 0. The van der Waals surface area contributed by atoms with Gasteiger partial charge in [-0.25, -0.2) is 4.79 Å². The monoisotopic (exact) mass is 313 g/mol. The first kappa shape index (κ1) is 14.3. The van der Waals surface area contributed by atoms with Gasteiger partial charge >= 0.3 is 5.97 Å². The van der Waals surface area contributed by atoms with Crippen molar-refractivity contribution in [3.63, 3.8) is 0 Å². The number of ether oxygens (including phenoxy) is 1. The van der Waals surface area contributed by atoms with Gasteiger partial charge in [-0.15, -0.1) is 0 Å². The van der Waals surface area contributed by atoms with Gasteiger partial charge in [0, 0.05) is 16.5 Å². The van der Waals surface area contributed by atoms with Gasteiger partial charge in [0.25, 0.3) is 0 Å². The van der Waals surface area contributed by atoms with Crippen molar-refractivity contribution in [2.45, 2.75) is 0 Å². The van der Waals surface area contributed by atoms with Crippen LogP contribution in [0.4, 0.5) is 0 Å². The summed E-state index contributed by atoms with van der Waals surface area (Å²) in [6, 6.07) is 26.7. The van der Waals surface area contributed by atoms with Gasteiger partial charge in [-0.2, -0.15) is 0 Å². The summed E-state index contributed by atoms with van der Waals surface area (Å²) in [6.07, 6.45) is 0. The molecule has 3 heteroatoms. The van der Waals surface area contributed by atoms with E-state index in [2.05, 4.69) is 4.98 Å². The van der Waals surface area contributed by atoms with Crippen molar-refractivity contribution >= 4 is 16.9 Å². The normalized spacial score (nSPS) is 10.7. The fourth-order valence-electron chi connectivity index (χ4n) is 2.76. The lowest BCUT2D eigenvalue weighted by Gasteiger charge is -2.07. The molecule has 0 saturated carbocycles. The molecule has 4 rings (SSSR count). The Balaban J connectivity index is 1.83. The highest BCUT2D eigenvalue weighted by Crippen LogP contribution is 2.37. The lowest BCUT2D eigenvalue weighted by atomic mass is 10.1. The molecule has 0 unspecified atom stereocenters. The van der Waals surface area contributed by atoms with Gasteiger partial charge in [0.15, 0.2) is 5.75 Å². The fourth-order valence-corrected chi connectivity index (χ4v) is 2.76. The number of aromatic nitrogens is 1. The van der Waals surface area contributed by atoms with E-state index in [1.807, 2.05) is 72.8 Å². The summed E-state index contributed by atoms with van der Waals surface area (Å²) < 4.78 is 5.77. The molecule has 0 aliphatic heterocycles. The van der Waals surface area contributed by atoms with Gasteiger partial charge in [-0.1, -0.05) is 60.7 Å². The average molecular weight is 313 g/mol. The van der Waals surface area contributed by atoms with Crippen molar-refractivity contribution in [3.05, 3.63) is 90.5 Å². The number of fused-ring (bicyclic) bond motifs is 1. The first-order chi connectivity index (χ1) is 11.8. The quantitative estimate of drug-likeness (QED) is 0.537. The second-order valence-electron chi connectivity index (χ2n) is 5.50. The number of aromatic amines is 1. The van der Waals surface area contributed by atoms with E-state index in [0.29, 0.717) is 11.3 Å². The Kier molecular flexibility index (Phi) is 3.60. The van der Waals surface area contributed by atoms with Crippen LogP contribution in [0.2, 0.25) is 0 Å². The number of H-pyrrole nitrogens is 1. The molecule has 1 aromatic heterocycles. The van der Waals surface area contributed by atoms with Gasteiger partial charge in [-0.3, -0.25) is 0 Å². The molecule has 0 fully saturated rings. The summed E-state index contributed by atoms with van der Waals surface area (Å²) in [5.74, 6) is 0.197. The summed E-state index contributed by atoms with van der Waals surface area (Å²) in [5.41, 5.74) is 3.25. The predicted molar refractivity (Wildman–Crippen MR) is 95.1 cm³/mol. The molecule has 0 aliphatic carbocycles. The van der Waals surface area contributed by atoms with Crippen LogP contribution in [0.25, 0.3) is 22.2 Å². The zero-order valence-corrected chi connectivity index (χ0v) is 12.9. The first-order valence-corrected chi connectivity index (χ1v) is 7.76. The van der Waals surface area contributed by atoms with Gasteiger partial charge in [0.05, 0.1) is 11.3 Å². The Morgan fingerprint density at radius 3 is 2.12 bits per heavy atom. The lowest BCUT2D eigenvalue weighted by molar-refractivity contribution is 0.0738. The van der Waals surface area contributed by atoms with E-state index in [1.54, 1.807) is 12.1 Å². The topological polar surface area (TPSA) is 42.1 Å². The van der Waals surface area contributed by atoms with Crippen LogP contribution in [0.3, 0.4) is 0 Å². The molecule has 3 nitrogen and oxygen atoms in total. The lowest BCUT2D eigenvalue weighted by Crippen LogP contribution is -2.08. The van der Waals surface area contributed by atoms with Crippen LogP contribution in [0, 0.1) is 0 Å². The van der Waals surface area contributed by atoms with Crippen molar-refractivity contribution in [2.75, 3.05) is 0 Å². The molecular weight excluding hydrogens is 298 g/mol. The number of carbonyl (C=O) groups excluding carboxylic acids is 1. The molecule has 0 aliphatic rings. The summed E-state index contributed by atoms with van der Waals surface area (Å²) in [6.45, 7) is 0. The van der Waals surface area contributed by atoms with Crippen molar-refractivity contribution in [1.82, 2.24) is 4.98 Å². The zero-order valence-electron chi connectivity index (χ0n) is 12.9. The highest BCUT2D eigenvalue weighted by atomic mass is 16.5. The van der Waals surface area contributed by atoms with Crippen LogP contribution in [0.5, 0.6) is 5.75 Å².